The number of piperidine rings is 1. The Morgan fingerprint density at radius 3 is 3.06 bits per heavy atom. The van der Waals surface area contributed by atoms with Crippen LogP contribution >= 0.6 is 11.3 Å². The van der Waals surface area contributed by atoms with Gasteiger partial charge in [-0.05, 0) is 54.6 Å². The normalized spacial score (nSPS) is 39.1. The van der Waals surface area contributed by atoms with Gasteiger partial charge in [0, 0.05) is 24.6 Å². The summed E-state index contributed by atoms with van der Waals surface area (Å²) in [6, 6.07) is 3.59. The molecule has 1 aromatic rings. The van der Waals surface area contributed by atoms with E-state index >= 15 is 0 Å². The highest BCUT2D eigenvalue weighted by Gasteiger charge is 2.45. The smallest absolute Gasteiger partial charge is 0.0480 e. The molecule has 2 aliphatic heterocycles. The van der Waals surface area contributed by atoms with Crippen molar-refractivity contribution in [1.82, 2.24) is 4.90 Å². The zero-order valence-corrected chi connectivity index (χ0v) is 10.5. The fraction of sp³-hybridized carbons (Fsp3) is 0.692. The van der Waals surface area contributed by atoms with E-state index in [9.17, 15) is 5.11 Å². The monoisotopic (exact) mass is 237 g/mol. The molecular formula is C13H19NOS. The van der Waals surface area contributed by atoms with Crippen molar-refractivity contribution in [2.24, 2.45) is 5.92 Å². The standard InChI is InChI=1S/C13H19NOS/c1-14-10-2-3-13(14)12(7-15)11(6-10)9-4-5-16-8-9/h4-5,8,10-13,15H,2-3,6-7H2,1H3/t10?,11-,12-,13?/m0/s1. The number of hydrogen-bond acceptors (Lipinski definition) is 3. The van der Waals surface area contributed by atoms with Crippen molar-refractivity contribution in [2.45, 2.75) is 37.3 Å². The number of hydrogen-bond donors (Lipinski definition) is 1. The highest BCUT2D eigenvalue weighted by molar-refractivity contribution is 7.07. The molecule has 1 N–H and O–H groups in total. The topological polar surface area (TPSA) is 23.5 Å². The summed E-state index contributed by atoms with van der Waals surface area (Å²) in [7, 11) is 2.23. The second-order valence-electron chi connectivity index (χ2n) is 5.21. The Kier molecular flexibility index (Phi) is 2.78. The minimum absolute atomic E-state index is 0.336. The maximum Gasteiger partial charge on any atom is 0.0480 e. The van der Waals surface area contributed by atoms with Gasteiger partial charge in [-0.25, -0.2) is 0 Å². The molecule has 2 aliphatic rings. The molecule has 4 atom stereocenters. The Hall–Kier alpha value is -0.380. The first kappa shape index (κ1) is 10.8. The Morgan fingerprint density at radius 1 is 1.50 bits per heavy atom. The van der Waals surface area contributed by atoms with Crippen molar-refractivity contribution >= 4 is 11.3 Å². The maximum atomic E-state index is 9.67. The third kappa shape index (κ3) is 1.53. The van der Waals surface area contributed by atoms with Gasteiger partial charge < -0.3 is 10.0 Å². The van der Waals surface area contributed by atoms with E-state index < -0.39 is 0 Å². The molecule has 2 saturated heterocycles. The second kappa shape index (κ2) is 4.13. The summed E-state index contributed by atoms with van der Waals surface area (Å²) in [5.41, 5.74) is 1.45. The number of fused-ring (bicyclic) bond motifs is 2. The Morgan fingerprint density at radius 2 is 2.38 bits per heavy atom. The van der Waals surface area contributed by atoms with Gasteiger partial charge in [0.15, 0.2) is 0 Å². The van der Waals surface area contributed by atoms with Crippen molar-refractivity contribution in [3.05, 3.63) is 22.4 Å². The van der Waals surface area contributed by atoms with Crippen LogP contribution in [0, 0.1) is 5.92 Å². The van der Waals surface area contributed by atoms with Gasteiger partial charge in [0.2, 0.25) is 0 Å². The minimum atomic E-state index is 0.336. The molecule has 2 unspecified atom stereocenters. The number of aliphatic hydroxyl groups is 1. The molecule has 0 radical (unpaired) electrons. The molecule has 0 aromatic carbocycles. The van der Waals surface area contributed by atoms with Gasteiger partial charge in [0.1, 0.15) is 0 Å². The lowest BCUT2D eigenvalue weighted by atomic mass is 9.77. The van der Waals surface area contributed by atoms with Gasteiger partial charge in [0.25, 0.3) is 0 Å². The summed E-state index contributed by atoms with van der Waals surface area (Å²) < 4.78 is 0. The predicted octanol–water partition coefficient (Wildman–Crippen LogP) is 2.31. The van der Waals surface area contributed by atoms with E-state index in [1.807, 2.05) is 0 Å². The summed E-state index contributed by atoms with van der Waals surface area (Å²) in [4.78, 5) is 2.50. The average molecular weight is 237 g/mol. The average Bonchev–Trinajstić information content (AvgIpc) is 2.87. The second-order valence-corrected chi connectivity index (χ2v) is 5.99. The van der Waals surface area contributed by atoms with E-state index in [2.05, 4.69) is 28.8 Å². The summed E-state index contributed by atoms with van der Waals surface area (Å²) in [6.45, 7) is 0.336. The molecule has 88 valence electrons. The molecule has 0 amide bonds. The fourth-order valence-corrected chi connectivity index (χ4v) is 4.42. The van der Waals surface area contributed by atoms with Crippen molar-refractivity contribution in [1.29, 1.82) is 0 Å². The van der Waals surface area contributed by atoms with Gasteiger partial charge in [-0.3, -0.25) is 0 Å². The first-order chi connectivity index (χ1) is 7.81. The van der Waals surface area contributed by atoms with E-state index in [1.54, 1.807) is 11.3 Å². The molecule has 2 bridgehead atoms. The number of thiophene rings is 1. The van der Waals surface area contributed by atoms with E-state index in [4.69, 9.17) is 0 Å². The predicted molar refractivity (Wildman–Crippen MR) is 66.8 cm³/mol. The van der Waals surface area contributed by atoms with Crippen LogP contribution in [0.2, 0.25) is 0 Å². The number of aliphatic hydroxyl groups excluding tert-OH is 1. The third-order valence-corrected chi connectivity index (χ3v) is 5.32. The number of rotatable bonds is 2. The van der Waals surface area contributed by atoms with Crippen LogP contribution in [0.5, 0.6) is 0 Å². The highest BCUT2D eigenvalue weighted by Crippen LogP contribution is 2.46. The van der Waals surface area contributed by atoms with Crippen LogP contribution in [0.1, 0.15) is 30.7 Å². The van der Waals surface area contributed by atoms with Crippen LogP contribution in [0.15, 0.2) is 16.8 Å². The molecule has 3 rings (SSSR count). The molecule has 2 nitrogen and oxygen atoms in total. The van der Waals surface area contributed by atoms with E-state index in [0.717, 1.165) is 6.04 Å². The quantitative estimate of drug-likeness (QED) is 0.853. The lowest BCUT2D eigenvalue weighted by Gasteiger charge is -2.42. The summed E-state index contributed by atoms with van der Waals surface area (Å²) in [5.74, 6) is 1.03. The Balaban J connectivity index is 1.90. The minimum Gasteiger partial charge on any atom is -0.396 e. The largest absolute Gasteiger partial charge is 0.396 e. The van der Waals surface area contributed by atoms with Gasteiger partial charge >= 0.3 is 0 Å². The van der Waals surface area contributed by atoms with Crippen LogP contribution in [-0.2, 0) is 0 Å². The zero-order chi connectivity index (χ0) is 11.1. The van der Waals surface area contributed by atoms with E-state index in [1.165, 1.54) is 24.8 Å². The Labute approximate surface area is 101 Å². The van der Waals surface area contributed by atoms with Crippen LogP contribution in [0.3, 0.4) is 0 Å². The van der Waals surface area contributed by atoms with E-state index in [-0.39, 0.29) is 0 Å². The zero-order valence-electron chi connectivity index (χ0n) is 9.67. The molecule has 0 aliphatic carbocycles. The molecule has 16 heavy (non-hydrogen) atoms. The molecule has 0 spiro atoms. The lowest BCUT2D eigenvalue weighted by molar-refractivity contribution is 0.0593. The van der Waals surface area contributed by atoms with Crippen LogP contribution in [0.4, 0.5) is 0 Å². The SMILES string of the molecule is CN1C2CCC1[C@@H](CO)[C@H](c1ccsc1)C2. The van der Waals surface area contributed by atoms with Gasteiger partial charge in [-0.2, -0.15) is 11.3 Å². The van der Waals surface area contributed by atoms with E-state index in [0.29, 0.717) is 24.5 Å². The third-order valence-electron chi connectivity index (χ3n) is 4.61. The van der Waals surface area contributed by atoms with Gasteiger partial charge in [-0.15, -0.1) is 0 Å². The molecule has 1 aromatic heterocycles. The summed E-state index contributed by atoms with van der Waals surface area (Å²) >= 11 is 1.77. The van der Waals surface area contributed by atoms with Crippen molar-refractivity contribution in [3.63, 3.8) is 0 Å². The van der Waals surface area contributed by atoms with Gasteiger partial charge in [0.05, 0.1) is 0 Å². The van der Waals surface area contributed by atoms with Crippen molar-refractivity contribution < 1.29 is 5.11 Å². The molecule has 3 heteroatoms. The lowest BCUT2D eigenvalue weighted by Crippen LogP contribution is -2.46. The molecular weight excluding hydrogens is 218 g/mol. The van der Waals surface area contributed by atoms with Crippen LogP contribution in [0.25, 0.3) is 0 Å². The van der Waals surface area contributed by atoms with Gasteiger partial charge in [-0.1, -0.05) is 0 Å². The number of nitrogens with zero attached hydrogens (tertiary/aromatic N) is 1. The summed E-state index contributed by atoms with van der Waals surface area (Å²) in [6.07, 6.45) is 3.82. The fourth-order valence-electron chi connectivity index (χ4n) is 3.70. The van der Waals surface area contributed by atoms with Crippen molar-refractivity contribution in [2.75, 3.05) is 13.7 Å². The first-order valence-corrected chi connectivity index (χ1v) is 7.10. The van der Waals surface area contributed by atoms with Crippen LogP contribution < -0.4 is 0 Å². The molecule has 2 fully saturated rings. The summed E-state index contributed by atoms with van der Waals surface area (Å²) in [5, 5.41) is 14.1. The van der Waals surface area contributed by atoms with Crippen molar-refractivity contribution in [3.8, 4) is 0 Å². The highest BCUT2D eigenvalue weighted by atomic mass is 32.1. The Bertz CT molecular complexity index is 351. The van der Waals surface area contributed by atoms with Crippen LogP contribution in [-0.4, -0.2) is 35.7 Å². The first-order valence-electron chi connectivity index (χ1n) is 6.16. The maximum absolute atomic E-state index is 9.67. The molecule has 3 heterocycles. The molecule has 0 saturated carbocycles.